The number of hydrogen-bond acceptors (Lipinski definition) is 1. The van der Waals surface area contributed by atoms with Gasteiger partial charge in [-0.25, -0.2) is 4.79 Å². The third-order valence-electron chi connectivity index (χ3n) is 4.80. The van der Waals surface area contributed by atoms with Crippen molar-refractivity contribution < 1.29 is 18.0 Å². The Balaban J connectivity index is 1.89. The van der Waals surface area contributed by atoms with Crippen LogP contribution >= 0.6 is 0 Å². The second-order valence-electron chi connectivity index (χ2n) is 6.91. The van der Waals surface area contributed by atoms with E-state index in [1.54, 1.807) is 4.90 Å². The van der Waals surface area contributed by atoms with Crippen molar-refractivity contribution in [3.63, 3.8) is 0 Å². The third kappa shape index (κ3) is 3.30. The molecule has 26 heavy (non-hydrogen) atoms. The minimum Gasteiger partial charge on any atom is -0.345 e. The molecule has 0 aliphatic carbocycles. The number of nitrogens with one attached hydrogen (secondary N) is 1. The number of benzene rings is 1. The van der Waals surface area contributed by atoms with Gasteiger partial charge in [0.05, 0.1) is 17.3 Å². The number of urea groups is 1. The highest BCUT2D eigenvalue weighted by molar-refractivity contribution is 5.90. The molecule has 0 radical (unpaired) electrons. The number of halogens is 3. The lowest BCUT2D eigenvalue weighted by atomic mass is 9.97. The van der Waals surface area contributed by atoms with Crippen molar-refractivity contribution in [2.75, 3.05) is 11.9 Å². The topological polar surface area (TPSA) is 37.3 Å². The quantitative estimate of drug-likeness (QED) is 0.794. The number of carbonyl (C=O) groups is 1. The molecule has 1 unspecified atom stereocenters. The average molecular weight is 365 g/mol. The van der Waals surface area contributed by atoms with Crippen LogP contribution in [0.1, 0.15) is 36.8 Å². The number of para-hydroxylation sites is 1. The monoisotopic (exact) mass is 365 g/mol. The Morgan fingerprint density at radius 2 is 1.85 bits per heavy atom. The number of fused-ring (bicyclic) bond motifs is 1. The van der Waals surface area contributed by atoms with Gasteiger partial charge in [0.25, 0.3) is 0 Å². The third-order valence-corrected chi connectivity index (χ3v) is 4.80. The zero-order valence-electron chi connectivity index (χ0n) is 15.0. The fraction of sp³-hybridized carbons (Fsp3) is 0.421. The number of hydrogen-bond donors (Lipinski definition) is 1. The van der Waals surface area contributed by atoms with Gasteiger partial charge in [0, 0.05) is 24.5 Å². The van der Waals surface area contributed by atoms with Crippen molar-refractivity contribution in [2.24, 2.45) is 5.92 Å². The summed E-state index contributed by atoms with van der Waals surface area (Å²) < 4.78 is 41.7. The lowest BCUT2D eigenvalue weighted by Crippen LogP contribution is -2.46. The summed E-state index contributed by atoms with van der Waals surface area (Å²) in [5.41, 5.74) is 1.08. The van der Waals surface area contributed by atoms with E-state index in [4.69, 9.17) is 0 Å². The normalized spacial score (nSPS) is 17.3. The molecule has 2 aromatic rings. The second-order valence-corrected chi connectivity index (χ2v) is 6.91. The van der Waals surface area contributed by atoms with Gasteiger partial charge in [0.2, 0.25) is 0 Å². The van der Waals surface area contributed by atoms with E-state index in [0.717, 1.165) is 17.5 Å². The highest BCUT2D eigenvalue weighted by atomic mass is 19.4. The largest absolute Gasteiger partial charge is 0.418 e. The molecule has 1 aliphatic heterocycles. The van der Waals surface area contributed by atoms with E-state index >= 15 is 0 Å². The van der Waals surface area contributed by atoms with E-state index in [1.807, 2.05) is 32.9 Å². The van der Waals surface area contributed by atoms with Crippen LogP contribution in [0.25, 0.3) is 0 Å². The van der Waals surface area contributed by atoms with Crippen LogP contribution < -0.4 is 5.32 Å². The predicted molar refractivity (Wildman–Crippen MR) is 93.9 cm³/mol. The molecule has 140 valence electrons. The summed E-state index contributed by atoms with van der Waals surface area (Å²) in [7, 11) is 0. The molecule has 1 aromatic heterocycles. The molecule has 4 nitrogen and oxygen atoms in total. The molecule has 1 N–H and O–H groups in total. The summed E-state index contributed by atoms with van der Waals surface area (Å²) >= 11 is 0. The minimum atomic E-state index is -4.52. The summed E-state index contributed by atoms with van der Waals surface area (Å²) in [6.07, 6.45) is -4.52. The molecular formula is C19H22F3N3O. The molecule has 3 rings (SSSR count). The predicted octanol–water partition coefficient (Wildman–Crippen LogP) is 5.06. The maximum Gasteiger partial charge on any atom is 0.418 e. The molecule has 0 bridgehead atoms. The van der Waals surface area contributed by atoms with Crippen LogP contribution in [0, 0.1) is 12.8 Å². The zero-order chi connectivity index (χ0) is 19.1. The molecular weight excluding hydrogens is 343 g/mol. The molecule has 2 heterocycles. The number of aromatic nitrogens is 1. The smallest absolute Gasteiger partial charge is 0.345 e. The molecule has 0 spiro atoms. The number of amides is 2. The highest BCUT2D eigenvalue weighted by Crippen LogP contribution is 2.37. The summed E-state index contributed by atoms with van der Waals surface area (Å²) in [5, 5.41) is 2.47. The maximum absolute atomic E-state index is 13.2. The molecule has 7 heteroatoms. The first-order chi connectivity index (χ1) is 12.2. The van der Waals surface area contributed by atoms with Crippen molar-refractivity contribution in [1.29, 1.82) is 0 Å². The number of nitrogens with zero attached hydrogens (tertiary/aromatic N) is 2. The Bertz CT molecular complexity index is 811. The lowest BCUT2D eigenvalue weighted by Gasteiger charge is -2.39. The summed E-state index contributed by atoms with van der Waals surface area (Å²) in [6.45, 7) is 7.10. The van der Waals surface area contributed by atoms with Gasteiger partial charge in [0.15, 0.2) is 0 Å². The molecule has 0 fully saturated rings. The van der Waals surface area contributed by atoms with Crippen LogP contribution in [0.4, 0.5) is 23.7 Å². The van der Waals surface area contributed by atoms with E-state index in [1.165, 1.54) is 18.2 Å². The highest BCUT2D eigenvalue weighted by Gasteiger charge is 2.36. The maximum atomic E-state index is 13.2. The van der Waals surface area contributed by atoms with Crippen molar-refractivity contribution in [2.45, 2.75) is 39.5 Å². The molecule has 0 saturated heterocycles. The van der Waals surface area contributed by atoms with Crippen molar-refractivity contribution in [3.8, 4) is 0 Å². The first-order valence-electron chi connectivity index (χ1n) is 8.60. The fourth-order valence-electron chi connectivity index (χ4n) is 3.62. The Morgan fingerprint density at radius 1 is 1.15 bits per heavy atom. The molecule has 1 atom stereocenters. The van der Waals surface area contributed by atoms with Gasteiger partial charge in [-0.15, -0.1) is 0 Å². The molecule has 1 aliphatic rings. The molecule has 2 amide bonds. The van der Waals surface area contributed by atoms with Gasteiger partial charge in [-0.3, -0.25) is 0 Å². The Labute approximate surface area is 150 Å². The minimum absolute atomic E-state index is 0.131. The van der Waals surface area contributed by atoms with E-state index in [2.05, 4.69) is 9.88 Å². The van der Waals surface area contributed by atoms with Gasteiger partial charge < -0.3 is 14.8 Å². The number of rotatable bonds is 2. The average Bonchev–Trinajstić information content (AvgIpc) is 2.94. The van der Waals surface area contributed by atoms with Gasteiger partial charge in [0.1, 0.15) is 0 Å². The number of aryl methyl sites for hydroxylation is 1. The first-order valence-corrected chi connectivity index (χ1v) is 8.60. The van der Waals surface area contributed by atoms with E-state index < -0.39 is 17.8 Å². The van der Waals surface area contributed by atoms with Crippen LogP contribution in [0.15, 0.2) is 36.4 Å². The number of anilines is 1. The van der Waals surface area contributed by atoms with Crippen molar-refractivity contribution >= 4 is 11.7 Å². The first kappa shape index (κ1) is 18.4. The van der Waals surface area contributed by atoms with Crippen LogP contribution in [0.5, 0.6) is 0 Å². The summed E-state index contributed by atoms with van der Waals surface area (Å²) in [4.78, 5) is 14.4. The zero-order valence-corrected chi connectivity index (χ0v) is 15.0. The molecule has 1 aromatic carbocycles. The Kier molecular flexibility index (Phi) is 4.73. The standard InChI is InChI=1S/C19H22F3N3O/c1-12(2)17-16-9-8-13(3)24(16)10-11-25(17)18(26)23-15-7-5-4-6-14(15)19(20,21)22/h4-9,12,17H,10-11H2,1-3H3,(H,23,26). The van der Waals surface area contributed by atoms with E-state index in [9.17, 15) is 18.0 Å². The van der Waals surface area contributed by atoms with Crippen LogP contribution in [-0.2, 0) is 12.7 Å². The van der Waals surface area contributed by atoms with Crippen LogP contribution in [0.2, 0.25) is 0 Å². The second kappa shape index (κ2) is 6.70. The van der Waals surface area contributed by atoms with E-state index in [0.29, 0.717) is 13.1 Å². The SMILES string of the molecule is Cc1ccc2n1CCN(C(=O)Nc1ccccc1C(F)(F)F)C2C(C)C. The van der Waals surface area contributed by atoms with Crippen molar-refractivity contribution in [1.82, 2.24) is 9.47 Å². The number of alkyl halides is 3. The van der Waals surface area contributed by atoms with Gasteiger partial charge in [-0.2, -0.15) is 13.2 Å². The lowest BCUT2D eigenvalue weighted by molar-refractivity contribution is -0.136. The number of carbonyl (C=O) groups excluding carboxylic acids is 1. The van der Waals surface area contributed by atoms with Crippen LogP contribution in [0.3, 0.4) is 0 Å². The van der Waals surface area contributed by atoms with Gasteiger partial charge in [-0.1, -0.05) is 26.0 Å². The summed E-state index contributed by atoms with van der Waals surface area (Å²) in [5.74, 6) is 0.131. The van der Waals surface area contributed by atoms with E-state index in [-0.39, 0.29) is 17.6 Å². The van der Waals surface area contributed by atoms with Gasteiger partial charge >= 0.3 is 12.2 Å². The van der Waals surface area contributed by atoms with Crippen molar-refractivity contribution in [3.05, 3.63) is 53.3 Å². The summed E-state index contributed by atoms with van der Waals surface area (Å²) in [6, 6.07) is 8.35. The Morgan fingerprint density at radius 3 is 2.50 bits per heavy atom. The van der Waals surface area contributed by atoms with Crippen LogP contribution in [-0.4, -0.2) is 22.0 Å². The molecule has 0 saturated carbocycles. The Hall–Kier alpha value is -2.44. The van der Waals surface area contributed by atoms with Gasteiger partial charge in [-0.05, 0) is 37.1 Å². The fourth-order valence-corrected chi connectivity index (χ4v) is 3.62.